The van der Waals surface area contributed by atoms with Crippen molar-refractivity contribution >= 4 is 5.78 Å². The van der Waals surface area contributed by atoms with E-state index < -0.39 is 0 Å². The summed E-state index contributed by atoms with van der Waals surface area (Å²) >= 11 is 0. The largest absolute Gasteiger partial charge is 0.504 e. The van der Waals surface area contributed by atoms with E-state index in [-0.39, 0.29) is 28.2 Å². The van der Waals surface area contributed by atoms with Crippen molar-refractivity contribution in [3.8, 4) is 18.1 Å². The van der Waals surface area contributed by atoms with Crippen molar-refractivity contribution in [1.82, 2.24) is 9.97 Å². The first-order chi connectivity index (χ1) is 9.98. The van der Waals surface area contributed by atoms with Gasteiger partial charge in [0, 0.05) is 23.7 Å². The number of Topliss-reactive ketones (excluding diaryl/α,β-unsaturated/α-hetero) is 1. The Kier molecular flexibility index (Phi) is 5.35. The van der Waals surface area contributed by atoms with E-state index in [9.17, 15) is 9.90 Å². The topological polar surface area (TPSA) is 63.1 Å². The minimum atomic E-state index is -0.374. The molecule has 1 aromatic heterocycles. The van der Waals surface area contributed by atoms with Crippen LogP contribution in [0.2, 0.25) is 0 Å². The van der Waals surface area contributed by atoms with Crippen molar-refractivity contribution in [1.29, 1.82) is 0 Å². The lowest BCUT2D eigenvalue weighted by molar-refractivity contribution is 0.0969. The van der Waals surface area contributed by atoms with Gasteiger partial charge in [-0.1, -0.05) is 41.5 Å². The molecule has 1 rings (SSSR count). The number of terminal acetylenes is 1. The number of carbonyl (C=O) groups excluding carboxylic acids is 1. The van der Waals surface area contributed by atoms with Crippen molar-refractivity contribution in [3.63, 3.8) is 0 Å². The third-order valence-corrected chi connectivity index (χ3v) is 3.28. The minimum absolute atomic E-state index is 0.0835. The molecular formula is C18H26N2O2. The van der Waals surface area contributed by atoms with Crippen LogP contribution >= 0.6 is 0 Å². The number of rotatable bonds is 4. The first-order valence-corrected chi connectivity index (χ1v) is 7.57. The molecule has 0 aliphatic heterocycles. The summed E-state index contributed by atoms with van der Waals surface area (Å²) in [5.74, 6) is 2.64. The standard InChI is InChI=1S/C18H26N2O2/c1-8-9-10-11-12(21)16-19-14(17(2,3)4)13(22)15(20-16)18(5,6)7/h1,22H,9-11H2,2-7H3. The Morgan fingerprint density at radius 3 is 1.91 bits per heavy atom. The molecule has 0 amide bonds. The smallest absolute Gasteiger partial charge is 0.200 e. The minimum Gasteiger partial charge on any atom is -0.504 e. The van der Waals surface area contributed by atoms with Crippen LogP contribution in [0, 0.1) is 12.3 Å². The number of hydrogen-bond acceptors (Lipinski definition) is 4. The predicted molar refractivity (Wildman–Crippen MR) is 88.1 cm³/mol. The molecule has 0 bridgehead atoms. The third-order valence-electron chi connectivity index (χ3n) is 3.28. The van der Waals surface area contributed by atoms with Gasteiger partial charge in [0.25, 0.3) is 0 Å². The van der Waals surface area contributed by atoms with Crippen LogP contribution in [-0.4, -0.2) is 20.9 Å². The first kappa shape index (κ1) is 18.2. The van der Waals surface area contributed by atoms with E-state index in [1.807, 2.05) is 41.5 Å². The Labute approximate surface area is 133 Å². The molecule has 120 valence electrons. The average Bonchev–Trinajstić information content (AvgIpc) is 2.36. The summed E-state index contributed by atoms with van der Waals surface area (Å²) in [5, 5.41) is 10.5. The molecule has 0 fully saturated rings. The zero-order valence-corrected chi connectivity index (χ0v) is 14.4. The van der Waals surface area contributed by atoms with Crippen LogP contribution in [0.4, 0.5) is 0 Å². The van der Waals surface area contributed by atoms with Crippen molar-refractivity contribution in [3.05, 3.63) is 17.2 Å². The highest BCUT2D eigenvalue weighted by molar-refractivity contribution is 5.92. The summed E-state index contributed by atoms with van der Waals surface area (Å²) in [6.07, 6.45) is 6.71. The number of aromatic nitrogens is 2. The fraction of sp³-hybridized carbons (Fsp3) is 0.611. The number of unbranched alkanes of at least 4 members (excludes halogenated alkanes) is 1. The molecule has 4 heteroatoms. The Hall–Kier alpha value is -1.89. The predicted octanol–water partition coefficient (Wildman–Crippen LogP) is 3.76. The second-order valence-corrected chi connectivity index (χ2v) is 7.57. The lowest BCUT2D eigenvalue weighted by atomic mass is 9.85. The molecule has 0 unspecified atom stereocenters. The van der Waals surface area contributed by atoms with Gasteiger partial charge in [-0.25, -0.2) is 9.97 Å². The fourth-order valence-electron chi connectivity index (χ4n) is 2.09. The lowest BCUT2D eigenvalue weighted by Crippen LogP contribution is -2.23. The summed E-state index contributed by atoms with van der Waals surface area (Å²) in [5.41, 5.74) is 0.266. The molecule has 0 atom stereocenters. The molecule has 22 heavy (non-hydrogen) atoms. The molecule has 1 aromatic rings. The van der Waals surface area contributed by atoms with Crippen molar-refractivity contribution in [2.45, 2.75) is 71.6 Å². The summed E-state index contributed by atoms with van der Waals surface area (Å²) < 4.78 is 0. The van der Waals surface area contributed by atoms with Gasteiger partial charge in [-0.15, -0.1) is 12.3 Å². The van der Waals surface area contributed by atoms with Gasteiger partial charge in [-0.3, -0.25) is 4.79 Å². The van der Waals surface area contributed by atoms with E-state index in [1.54, 1.807) is 0 Å². The number of carbonyl (C=O) groups is 1. The monoisotopic (exact) mass is 302 g/mol. The summed E-state index contributed by atoms with van der Waals surface area (Å²) in [6, 6.07) is 0. The first-order valence-electron chi connectivity index (χ1n) is 7.57. The van der Waals surface area contributed by atoms with E-state index in [0.29, 0.717) is 30.7 Å². The van der Waals surface area contributed by atoms with Gasteiger partial charge in [0.1, 0.15) is 0 Å². The van der Waals surface area contributed by atoms with E-state index in [2.05, 4.69) is 15.9 Å². The summed E-state index contributed by atoms with van der Waals surface area (Å²) in [7, 11) is 0. The highest BCUT2D eigenvalue weighted by Gasteiger charge is 2.30. The second-order valence-electron chi connectivity index (χ2n) is 7.57. The maximum atomic E-state index is 12.3. The van der Waals surface area contributed by atoms with Crippen LogP contribution in [0.25, 0.3) is 0 Å². The molecule has 0 saturated heterocycles. The Bertz CT molecular complexity index is 564. The quantitative estimate of drug-likeness (QED) is 0.522. The van der Waals surface area contributed by atoms with Crippen molar-refractivity contribution < 1.29 is 9.90 Å². The Morgan fingerprint density at radius 2 is 1.55 bits per heavy atom. The van der Waals surface area contributed by atoms with Gasteiger partial charge in [0.05, 0.1) is 11.4 Å². The van der Waals surface area contributed by atoms with Gasteiger partial charge in [-0.05, 0) is 6.42 Å². The molecule has 1 N–H and O–H groups in total. The summed E-state index contributed by atoms with van der Waals surface area (Å²) in [4.78, 5) is 21.0. The van der Waals surface area contributed by atoms with Crippen molar-refractivity contribution in [2.75, 3.05) is 0 Å². The molecule has 1 heterocycles. The molecular weight excluding hydrogens is 276 g/mol. The molecule has 0 aliphatic carbocycles. The van der Waals surface area contributed by atoms with Gasteiger partial charge in [0.15, 0.2) is 17.4 Å². The normalized spacial score (nSPS) is 12.0. The summed E-state index contributed by atoms with van der Waals surface area (Å²) in [6.45, 7) is 11.7. The van der Waals surface area contributed by atoms with Crippen LogP contribution in [0.1, 0.15) is 82.8 Å². The zero-order chi connectivity index (χ0) is 17.1. The highest BCUT2D eigenvalue weighted by Crippen LogP contribution is 2.36. The van der Waals surface area contributed by atoms with Crippen molar-refractivity contribution in [2.24, 2.45) is 0 Å². The van der Waals surface area contributed by atoms with Gasteiger partial charge in [0.2, 0.25) is 0 Å². The molecule has 4 nitrogen and oxygen atoms in total. The van der Waals surface area contributed by atoms with E-state index in [0.717, 1.165) is 0 Å². The average molecular weight is 302 g/mol. The number of nitrogens with zero attached hydrogens (tertiary/aromatic N) is 2. The van der Waals surface area contributed by atoms with Crippen LogP contribution in [0.5, 0.6) is 5.75 Å². The SMILES string of the molecule is C#CCCCC(=O)c1nc(C(C)(C)C)c(O)c(C(C)(C)C)n1. The van der Waals surface area contributed by atoms with Crippen LogP contribution in [0.3, 0.4) is 0 Å². The molecule has 0 spiro atoms. The van der Waals surface area contributed by atoms with Crippen LogP contribution in [0.15, 0.2) is 0 Å². The van der Waals surface area contributed by atoms with E-state index >= 15 is 0 Å². The number of hydrogen-bond donors (Lipinski definition) is 1. The Balaban J connectivity index is 3.36. The molecule has 0 saturated carbocycles. The number of aromatic hydroxyl groups is 1. The highest BCUT2D eigenvalue weighted by atomic mass is 16.3. The van der Waals surface area contributed by atoms with Gasteiger partial charge < -0.3 is 5.11 Å². The molecule has 0 radical (unpaired) electrons. The fourth-order valence-corrected chi connectivity index (χ4v) is 2.09. The van der Waals surface area contributed by atoms with Crippen LogP contribution in [-0.2, 0) is 10.8 Å². The Morgan fingerprint density at radius 1 is 1.09 bits per heavy atom. The van der Waals surface area contributed by atoms with Gasteiger partial charge in [-0.2, -0.15) is 0 Å². The molecule has 0 aromatic carbocycles. The van der Waals surface area contributed by atoms with E-state index in [4.69, 9.17) is 6.42 Å². The van der Waals surface area contributed by atoms with E-state index in [1.165, 1.54) is 0 Å². The second kappa shape index (κ2) is 6.48. The maximum absolute atomic E-state index is 12.3. The zero-order valence-electron chi connectivity index (χ0n) is 14.4. The van der Waals surface area contributed by atoms with Gasteiger partial charge >= 0.3 is 0 Å². The molecule has 0 aliphatic rings. The van der Waals surface area contributed by atoms with Crippen LogP contribution < -0.4 is 0 Å². The third kappa shape index (κ3) is 4.30. The lowest BCUT2D eigenvalue weighted by Gasteiger charge is -2.25. The number of ketones is 1. The maximum Gasteiger partial charge on any atom is 0.200 e.